The molecule has 0 rings (SSSR count). The highest BCUT2D eigenvalue weighted by Gasteiger charge is 2.24. The SMILES string of the molecule is C=C[C@@](C)(Cl)[C@@H](Cl)/C=C/C(=C\Cl)COC(C)=O. The summed E-state index contributed by atoms with van der Waals surface area (Å²) in [4.78, 5) is 9.89. The first-order chi connectivity index (χ1) is 7.83. The van der Waals surface area contributed by atoms with Gasteiger partial charge in [-0.1, -0.05) is 29.8 Å². The topological polar surface area (TPSA) is 26.3 Å². The fraction of sp³-hybridized carbons (Fsp3) is 0.417. The molecule has 96 valence electrons. The van der Waals surface area contributed by atoms with Crippen molar-refractivity contribution >= 4 is 40.8 Å². The monoisotopic (exact) mass is 296 g/mol. The van der Waals surface area contributed by atoms with Gasteiger partial charge < -0.3 is 4.74 Å². The fourth-order valence-corrected chi connectivity index (χ4v) is 1.18. The maximum Gasteiger partial charge on any atom is 0.302 e. The molecule has 0 amide bonds. The number of allylic oxidation sites excluding steroid dienone is 2. The Morgan fingerprint density at radius 1 is 1.59 bits per heavy atom. The summed E-state index contributed by atoms with van der Waals surface area (Å²) in [5, 5.41) is -0.439. The number of alkyl halides is 2. The summed E-state index contributed by atoms with van der Waals surface area (Å²) in [5.41, 5.74) is 1.95. The Morgan fingerprint density at radius 2 is 2.18 bits per heavy atom. The molecule has 0 saturated carbocycles. The zero-order chi connectivity index (χ0) is 13.5. The first-order valence-corrected chi connectivity index (χ1v) is 6.16. The number of ether oxygens (including phenoxy) is 1. The smallest absolute Gasteiger partial charge is 0.302 e. The molecule has 0 N–H and O–H groups in total. The molecule has 0 spiro atoms. The molecule has 0 heterocycles. The second-order valence-electron chi connectivity index (χ2n) is 3.58. The molecule has 0 aliphatic carbocycles. The molecule has 0 fully saturated rings. The number of carbonyl (C=O) groups is 1. The van der Waals surface area contributed by atoms with Gasteiger partial charge in [0.25, 0.3) is 0 Å². The third kappa shape index (κ3) is 6.77. The predicted octanol–water partition coefficient (Wildman–Crippen LogP) is 4.02. The van der Waals surface area contributed by atoms with Crippen molar-refractivity contribution in [3.05, 3.63) is 35.9 Å². The van der Waals surface area contributed by atoms with Gasteiger partial charge in [0, 0.05) is 18.0 Å². The Balaban J connectivity index is 4.48. The summed E-state index contributed by atoms with van der Waals surface area (Å²) in [6.07, 6.45) is 4.90. The van der Waals surface area contributed by atoms with Crippen molar-refractivity contribution in [2.45, 2.75) is 24.1 Å². The number of hydrogen-bond donors (Lipinski definition) is 0. The van der Waals surface area contributed by atoms with E-state index in [0.29, 0.717) is 5.57 Å². The minimum Gasteiger partial charge on any atom is -0.461 e. The van der Waals surface area contributed by atoms with Gasteiger partial charge in [-0.3, -0.25) is 4.79 Å². The van der Waals surface area contributed by atoms with E-state index in [2.05, 4.69) is 6.58 Å². The lowest BCUT2D eigenvalue weighted by atomic mass is 10.1. The third-order valence-corrected chi connectivity index (χ3v) is 3.38. The zero-order valence-electron chi connectivity index (χ0n) is 9.75. The van der Waals surface area contributed by atoms with Gasteiger partial charge in [0.15, 0.2) is 0 Å². The number of carbonyl (C=O) groups excluding carboxylic acids is 1. The van der Waals surface area contributed by atoms with Crippen LogP contribution in [0.1, 0.15) is 13.8 Å². The van der Waals surface area contributed by atoms with Crippen molar-refractivity contribution in [1.29, 1.82) is 0 Å². The van der Waals surface area contributed by atoms with Crippen molar-refractivity contribution in [3.8, 4) is 0 Å². The number of halogens is 3. The van der Waals surface area contributed by atoms with Crippen molar-refractivity contribution in [2.24, 2.45) is 0 Å². The van der Waals surface area contributed by atoms with Crippen molar-refractivity contribution < 1.29 is 9.53 Å². The Morgan fingerprint density at radius 3 is 2.59 bits per heavy atom. The summed E-state index contributed by atoms with van der Waals surface area (Å²) in [6, 6.07) is 0. The second kappa shape index (κ2) is 7.80. The lowest BCUT2D eigenvalue weighted by molar-refractivity contribution is -0.139. The van der Waals surface area contributed by atoms with Crippen LogP contribution in [0.2, 0.25) is 0 Å². The summed E-state index contributed by atoms with van der Waals surface area (Å²) >= 11 is 17.7. The molecular weight excluding hydrogens is 282 g/mol. The first kappa shape index (κ1) is 16.6. The minimum absolute atomic E-state index is 0.103. The highest BCUT2D eigenvalue weighted by atomic mass is 35.5. The largest absolute Gasteiger partial charge is 0.461 e. The average molecular weight is 298 g/mol. The quantitative estimate of drug-likeness (QED) is 0.320. The Bertz CT molecular complexity index is 333. The molecule has 0 aliphatic rings. The van der Waals surface area contributed by atoms with Gasteiger partial charge in [0.2, 0.25) is 0 Å². The van der Waals surface area contributed by atoms with Crippen LogP contribution in [0.5, 0.6) is 0 Å². The molecule has 0 aromatic carbocycles. The molecule has 2 nitrogen and oxygen atoms in total. The van der Waals surface area contributed by atoms with E-state index in [1.807, 2.05) is 0 Å². The van der Waals surface area contributed by atoms with Gasteiger partial charge >= 0.3 is 5.97 Å². The molecule has 0 unspecified atom stereocenters. The van der Waals surface area contributed by atoms with Gasteiger partial charge in [-0.15, -0.1) is 29.8 Å². The molecule has 0 saturated heterocycles. The normalized spacial score (nSPS) is 17.6. The lowest BCUT2D eigenvalue weighted by Gasteiger charge is -2.20. The Hall–Kier alpha value is -0.440. The minimum atomic E-state index is -0.739. The van der Waals surface area contributed by atoms with E-state index >= 15 is 0 Å². The summed E-state index contributed by atoms with van der Waals surface area (Å²) in [7, 11) is 0. The van der Waals surface area contributed by atoms with Crippen LogP contribution in [-0.4, -0.2) is 22.8 Å². The van der Waals surface area contributed by atoms with Crippen LogP contribution in [0, 0.1) is 0 Å². The third-order valence-electron chi connectivity index (χ3n) is 2.00. The molecule has 0 bridgehead atoms. The fourth-order valence-electron chi connectivity index (χ4n) is 0.810. The van der Waals surface area contributed by atoms with Crippen molar-refractivity contribution in [3.63, 3.8) is 0 Å². The summed E-state index contributed by atoms with van der Waals surface area (Å²) in [5.74, 6) is -0.370. The number of rotatable bonds is 6. The molecule has 17 heavy (non-hydrogen) atoms. The average Bonchev–Trinajstić information content (AvgIpc) is 2.28. The van der Waals surface area contributed by atoms with Crippen LogP contribution < -0.4 is 0 Å². The van der Waals surface area contributed by atoms with E-state index in [-0.39, 0.29) is 12.6 Å². The number of hydrogen-bond acceptors (Lipinski definition) is 2. The molecule has 0 radical (unpaired) electrons. The van der Waals surface area contributed by atoms with Crippen molar-refractivity contribution in [1.82, 2.24) is 0 Å². The van der Waals surface area contributed by atoms with Crippen LogP contribution >= 0.6 is 34.8 Å². The predicted molar refractivity (Wildman–Crippen MR) is 73.8 cm³/mol. The van der Waals surface area contributed by atoms with Crippen molar-refractivity contribution in [2.75, 3.05) is 6.61 Å². The first-order valence-electron chi connectivity index (χ1n) is 4.91. The number of esters is 1. The van der Waals surface area contributed by atoms with Crippen LogP contribution in [-0.2, 0) is 9.53 Å². The summed E-state index contributed by atoms with van der Waals surface area (Å²) in [6.45, 7) is 6.78. The van der Waals surface area contributed by atoms with Crippen LogP contribution in [0.3, 0.4) is 0 Å². The van der Waals surface area contributed by atoms with E-state index < -0.39 is 10.3 Å². The standard InChI is InChI=1S/C12H15Cl3O2/c1-4-12(3,15)11(14)6-5-10(7-13)8-17-9(2)16/h4-7,11H,1,8H2,2-3H3/b6-5+,10-7+/t11-,12+/m0/s1. The van der Waals surface area contributed by atoms with Gasteiger partial charge in [-0.05, 0) is 6.92 Å². The van der Waals surface area contributed by atoms with Gasteiger partial charge in [-0.25, -0.2) is 0 Å². The maximum absolute atomic E-state index is 10.6. The summed E-state index contributed by atoms with van der Waals surface area (Å²) < 4.78 is 4.80. The maximum atomic E-state index is 10.6. The molecule has 0 aromatic rings. The van der Waals surface area contributed by atoms with E-state index in [0.717, 1.165) is 0 Å². The molecule has 5 heteroatoms. The van der Waals surface area contributed by atoms with Gasteiger partial charge in [0.05, 0.1) is 10.3 Å². The Labute approximate surface area is 117 Å². The molecule has 0 aliphatic heterocycles. The van der Waals surface area contributed by atoms with Crippen LogP contribution in [0.15, 0.2) is 35.9 Å². The van der Waals surface area contributed by atoms with Gasteiger partial charge in [0.1, 0.15) is 6.61 Å². The van der Waals surface area contributed by atoms with E-state index in [4.69, 9.17) is 39.5 Å². The highest BCUT2D eigenvalue weighted by Crippen LogP contribution is 2.26. The van der Waals surface area contributed by atoms with Crippen LogP contribution in [0.25, 0.3) is 0 Å². The van der Waals surface area contributed by atoms with Gasteiger partial charge in [-0.2, -0.15) is 0 Å². The molecule has 0 aromatic heterocycles. The van der Waals surface area contributed by atoms with E-state index in [1.165, 1.54) is 12.5 Å². The zero-order valence-corrected chi connectivity index (χ0v) is 12.0. The van der Waals surface area contributed by atoms with E-state index in [9.17, 15) is 4.79 Å². The highest BCUT2D eigenvalue weighted by molar-refractivity contribution is 6.34. The van der Waals surface area contributed by atoms with Crippen LogP contribution in [0.4, 0.5) is 0 Å². The lowest BCUT2D eigenvalue weighted by Crippen LogP contribution is -2.24. The van der Waals surface area contributed by atoms with E-state index in [1.54, 1.807) is 25.2 Å². The Kier molecular flexibility index (Phi) is 7.60. The molecule has 2 atom stereocenters. The second-order valence-corrected chi connectivity index (χ2v) is 5.08. The molecular formula is C12H15Cl3O2.